The number of nitrogens with one attached hydrogen (secondary N) is 2. The number of nitrogens with zero attached hydrogens (tertiary/aromatic N) is 1. The van der Waals surface area contributed by atoms with Crippen molar-refractivity contribution >= 4 is 28.9 Å². The summed E-state index contributed by atoms with van der Waals surface area (Å²) >= 11 is 1.55. The van der Waals surface area contributed by atoms with Gasteiger partial charge in [0.2, 0.25) is 0 Å². The second-order valence-corrected chi connectivity index (χ2v) is 7.71. The van der Waals surface area contributed by atoms with E-state index >= 15 is 0 Å². The Morgan fingerprint density at radius 3 is 2.56 bits per heavy atom. The van der Waals surface area contributed by atoms with E-state index in [1.54, 1.807) is 32.5 Å². The molecule has 0 radical (unpaired) electrons. The van der Waals surface area contributed by atoms with Gasteiger partial charge in [0.05, 0.1) is 30.9 Å². The van der Waals surface area contributed by atoms with Gasteiger partial charge in [0.25, 0.3) is 0 Å². The molecule has 2 atom stereocenters. The molecule has 2 heterocycles. The Morgan fingerprint density at radius 2 is 1.85 bits per heavy atom. The molecule has 27 heavy (non-hydrogen) atoms. The quantitative estimate of drug-likeness (QED) is 0.721. The third kappa shape index (κ3) is 4.31. The number of carbonyl (C=O) groups excluding carboxylic acids is 2. The van der Waals surface area contributed by atoms with Gasteiger partial charge in [-0.25, -0.2) is 9.59 Å². The van der Waals surface area contributed by atoms with Crippen LogP contribution in [0.4, 0.5) is 0 Å². The van der Waals surface area contributed by atoms with Crippen LogP contribution in [0.25, 0.3) is 0 Å². The monoisotopic (exact) mass is 393 g/mol. The minimum atomic E-state index is -0.459. The maximum atomic E-state index is 12.4. The Hall–Kier alpha value is -1.96. The normalized spacial score (nSPS) is 21.2. The number of fused-ring (bicyclic) bond motifs is 1. The van der Waals surface area contributed by atoms with Crippen molar-refractivity contribution in [2.24, 2.45) is 4.99 Å². The van der Waals surface area contributed by atoms with Crippen molar-refractivity contribution < 1.29 is 19.1 Å². The molecular formula is C19H27N3O4S. The Labute approximate surface area is 163 Å². The largest absolute Gasteiger partial charge is 0.462 e. The van der Waals surface area contributed by atoms with Crippen LogP contribution in [0, 0.1) is 6.92 Å². The van der Waals surface area contributed by atoms with Crippen molar-refractivity contribution in [3.05, 3.63) is 22.5 Å². The van der Waals surface area contributed by atoms with Crippen LogP contribution >= 0.6 is 11.8 Å². The summed E-state index contributed by atoms with van der Waals surface area (Å²) in [5.74, 6) is -0.383. The SMILES string of the molecule is CCOC(=O)c1[nH]c(CSC2=N[C@@H]3CCCC[C@@H]3N2)c(C(=O)OCC)c1C. The summed E-state index contributed by atoms with van der Waals surface area (Å²) in [7, 11) is 0. The average Bonchev–Trinajstić information content (AvgIpc) is 3.20. The molecule has 1 fully saturated rings. The molecule has 2 aliphatic rings. The molecule has 1 aliphatic heterocycles. The van der Waals surface area contributed by atoms with Crippen molar-refractivity contribution in [3.63, 3.8) is 0 Å². The van der Waals surface area contributed by atoms with E-state index in [-0.39, 0.29) is 13.2 Å². The van der Waals surface area contributed by atoms with Gasteiger partial charge >= 0.3 is 11.9 Å². The van der Waals surface area contributed by atoms with Crippen molar-refractivity contribution in [1.82, 2.24) is 10.3 Å². The maximum Gasteiger partial charge on any atom is 0.355 e. The fourth-order valence-electron chi connectivity index (χ4n) is 3.65. The number of esters is 2. The van der Waals surface area contributed by atoms with Crippen LogP contribution in [0.2, 0.25) is 0 Å². The zero-order valence-corrected chi connectivity index (χ0v) is 16.9. The van der Waals surface area contributed by atoms with Crippen LogP contribution < -0.4 is 5.32 Å². The minimum Gasteiger partial charge on any atom is -0.462 e. The lowest BCUT2D eigenvalue weighted by atomic mass is 9.92. The van der Waals surface area contributed by atoms with Gasteiger partial charge in [-0.1, -0.05) is 24.6 Å². The van der Waals surface area contributed by atoms with Crippen LogP contribution in [0.5, 0.6) is 0 Å². The van der Waals surface area contributed by atoms with Gasteiger partial charge < -0.3 is 19.8 Å². The van der Waals surface area contributed by atoms with Crippen molar-refractivity contribution in [2.45, 2.75) is 64.3 Å². The van der Waals surface area contributed by atoms with E-state index in [2.05, 4.69) is 10.3 Å². The minimum absolute atomic E-state index is 0.277. The molecule has 2 N–H and O–H groups in total. The van der Waals surface area contributed by atoms with E-state index in [1.807, 2.05) is 0 Å². The Bertz CT molecular complexity index is 744. The number of hydrogen-bond donors (Lipinski definition) is 2. The highest BCUT2D eigenvalue weighted by Gasteiger charge is 2.31. The summed E-state index contributed by atoms with van der Waals surface area (Å²) in [5, 5.41) is 4.40. The molecule has 1 aromatic rings. The zero-order valence-electron chi connectivity index (χ0n) is 16.1. The first kappa shape index (κ1) is 19.8. The van der Waals surface area contributed by atoms with Gasteiger partial charge in [-0.3, -0.25) is 4.99 Å². The van der Waals surface area contributed by atoms with E-state index in [0.29, 0.717) is 40.4 Å². The highest BCUT2D eigenvalue weighted by Crippen LogP contribution is 2.29. The van der Waals surface area contributed by atoms with Crippen LogP contribution in [-0.4, -0.2) is 47.4 Å². The van der Waals surface area contributed by atoms with E-state index in [9.17, 15) is 9.59 Å². The fourth-order valence-corrected chi connectivity index (χ4v) is 4.60. The molecule has 0 aromatic carbocycles. The maximum absolute atomic E-state index is 12.4. The molecule has 0 amide bonds. The number of thioether (sulfide) groups is 1. The predicted molar refractivity (Wildman–Crippen MR) is 105 cm³/mol. The lowest BCUT2D eigenvalue weighted by Gasteiger charge is -2.23. The molecule has 1 aromatic heterocycles. The average molecular weight is 394 g/mol. The first-order valence-corrected chi connectivity index (χ1v) is 10.6. The Kier molecular flexibility index (Phi) is 6.46. The van der Waals surface area contributed by atoms with Gasteiger partial charge in [-0.15, -0.1) is 0 Å². The van der Waals surface area contributed by atoms with Crippen LogP contribution in [-0.2, 0) is 15.2 Å². The molecule has 1 aliphatic carbocycles. The second-order valence-electron chi connectivity index (χ2n) is 6.75. The molecular weight excluding hydrogens is 366 g/mol. The summed E-state index contributed by atoms with van der Waals surface area (Å²) in [4.78, 5) is 32.5. The van der Waals surface area contributed by atoms with E-state index in [4.69, 9.17) is 14.5 Å². The number of aliphatic imine (C=N–C) groups is 1. The molecule has 0 saturated heterocycles. The van der Waals surface area contributed by atoms with Crippen molar-refractivity contribution in [1.29, 1.82) is 0 Å². The molecule has 7 nitrogen and oxygen atoms in total. The van der Waals surface area contributed by atoms with Crippen molar-refractivity contribution in [3.8, 4) is 0 Å². The zero-order chi connectivity index (χ0) is 19.4. The molecule has 0 unspecified atom stereocenters. The summed E-state index contributed by atoms with van der Waals surface area (Å²) in [6.07, 6.45) is 4.76. The Morgan fingerprint density at radius 1 is 1.15 bits per heavy atom. The van der Waals surface area contributed by atoms with Gasteiger partial charge in [0.15, 0.2) is 5.17 Å². The molecule has 3 rings (SSSR count). The summed E-state index contributed by atoms with van der Waals surface area (Å²) in [6.45, 7) is 5.81. The number of H-pyrrole nitrogens is 1. The molecule has 148 valence electrons. The lowest BCUT2D eigenvalue weighted by Crippen LogP contribution is -2.36. The summed E-state index contributed by atoms with van der Waals surface area (Å²) in [5.41, 5.74) is 1.96. The van der Waals surface area contributed by atoms with E-state index < -0.39 is 11.9 Å². The van der Waals surface area contributed by atoms with E-state index in [0.717, 1.165) is 18.0 Å². The summed E-state index contributed by atoms with van der Waals surface area (Å²) in [6, 6.07) is 0.803. The molecule has 0 spiro atoms. The van der Waals surface area contributed by atoms with Crippen LogP contribution in [0.3, 0.4) is 0 Å². The van der Waals surface area contributed by atoms with Crippen LogP contribution in [0.15, 0.2) is 4.99 Å². The molecule has 8 heteroatoms. The topological polar surface area (TPSA) is 92.8 Å². The number of rotatable bonds is 6. The first-order valence-electron chi connectivity index (χ1n) is 9.57. The lowest BCUT2D eigenvalue weighted by molar-refractivity contribution is 0.0518. The smallest absolute Gasteiger partial charge is 0.355 e. The van der Waals surface area contributed by atoms with Gasteiger partial charge in [-0.05, 0) is 39.2 Å². The van der Waals surface area contributed by atoms with Crippen LogP contribution in [0.1, 0.15) is 71.6 Å². The predicted octanol–water partition coefficient (Wildman–Crippen LogP) is 3.18. The standard InChI is InChI=1S/C19H27N3O4S/c1-4-25-17(23)15-11(3)16(18(24)26-5-2)20-14(15)10-27-19-21-12-8-6-7-9-13(12)22-19/h12-13,20H,4-10H2,1-3H3,(H,21,22)/t12-,13+. The first-order chi connectivity index (χ1) is 13.0. The third-order valence-electron chi connectivity index (χ3n) is 4.96. The van der Waals surface area contributed by atoms with Gasteiger partial charge in [-0.2, -0.15) is 0 Å². The van der Waals surface area contributed by atoms with E-state index in [1.165, 1.54) is 12.8 Å². The molecule has 0 bridgehead atoms. The Balaban J connectivity index is 1.77. The highest BCUT2D eigenvalue weighted by molar-refractivity contribution is 8.13. The third-order valence-corrected chi connectivity index (χ3v) is 5.89. The number of aromatic amines is 1. The van der Waals surface area contributed by atoms with Crippen molar-refractivity contribution in [2.75, 3.05) is 13.2 Å². The van der Waals surface area contributed by atoms with Gasteiger partial charge in [0, 0.05) is 11.4 Å². The molecule has 1 saturated carbocycles. The number of hydrogen-bond acceptors (Lipinski definition) is 7. The number of ether oxygens (including phenoxy) is 2. The second kappa shape index (κ2) is 8.82. The highest BCUT2D eigenvalue weighted by atomic mass is 32.2. The fraction of sp³-hybridized carbons (Fsp3) is 0.632. The summed E-state index contributed by atoms with van der Waals surface area (Å²) < 4.78 is 10.3. The number of aromatic nitrogens is 1. The number of carbonyl (C=O) groups is 2. The van der Waals surface area contributed by atoms with Gasteiger partial charge in [0.1, 0.15) is 5.69 Å². The number of amidine groups is 1.